The number of carboxylic acids is 2. The number of ether oxygens (including phenoxy) is 4. The number of nitrogens with one attached hydrogen (secondary N) is 5. The summed E-state index contributed by atoms with van der Waals surface area (Å²) in [4.78, 5) is 89.9. The first-order chi connectivity index (χ1) is 41.6. The maximum atomic E-state index is 12.5. The first-order valence-corrected chi connectivity index (χ1v) is 29.5. The lowest BCUT2D eigenvalue weighted by Gasteiger charge is -2.13. The number of aryl methyl sites for hydroxylation is 2. The van der Waals surface area contributed by atoms with Gasteiger partial charge in [0.15, 0.2) is 0 Å². The van der Waals surface area contributed by atoms with Gasteiger partial charge in [0.25, 0.3) is 20.0 Å². The van der Waals surface area contributed by atoms with Crippen LogP contribution in [-0.2, 0) is 41.2 Å². The number of hydrogen-bond donors (Lipinski definition) is 9. The third-order valence-corrected chi connectivity index (χ3v) is 13.6. The number of terminal acetylenes is 1. The number of carbonyl (C=O) groups excluding carboxylic acids is 2. The van der Waals surface area contributed by atoms with Gasteiger partial charge in [-0.3, -0.25) is 25.3 Å². The number of anilines is 2. The van der Waals surface area contributed by atoms with E-state index in [1.807, 2.05) is 20.8 Å². The number of aliphatic carboxylic acids is 1. The number of hydrogen-bond acceptors (Lipinski definition) is 22. The Morgan fingerprint density at radius 1 is 0.800 bits per heavy atom. The van der Waals surface area contributed by atoms with Crippen LogP contribution in [0.3, 0.4) is 0 Å². The van der Waals surface area contributed by atoms with Crippen molar-refractivity contribution >= 4 is 86.7 Å². The lowest BCUT2D eigenvalue weighted by Crippen LogP contribution is -2.35. The molecule has 0 aliphatic heterocycles. The second-order valence-electron chi connectivity index (χ2n) is 17.7. The number of halogens is 9. The number of carboxylic acid groups (broad SMARTS) is 2. The SMILES string of the molecule is C#CCOc1cc(-n2nc(C(C)(C)C)oc2=O)c(Cl)cc1Cl.COc1nc(C)nc(NC(=O)NS(=O)(=O)c2ccccc2CCC(F)(F)F)n1.O=C(Nc1nc(OC(F)F)cc(OC(F)F)n1)NS(=O)(=O)c1ccccc1C(=O)O.O=C(O)CNCP(=O)(O)O. The fourth-order valence-electron chi connectivity index (χ4n) is 6.05. The number of aromatic carboxylic acids is 1. The van der Waals surface area contributed by atoms with Gasteiger partial charge in [0.1, 0.15) is 23.1 Å². The first-order valence-electron chi connectivity index (χ1n) is 24.0. The average Bonchev–Trinajstić information content (AvgIpc) is 1.79. The van der Waals surface area contributed by atoms with Crippen molar-refractivity contribution in [3.05, 3.63) is 110 Å². The molecule has 0 saturated heterocycles. The summed E-state index contributed by atoms with van der Waals surface area (Å²) in [5.41, 5.74) is -0.819. The molecule has 0 spiro atoms. The van der Waals surface area contributed by atoms with Gasteiger partial charge < -0.3 is 43.4 Å². The van der Waals surface area contributed by atoms with E-state index in [2.05, 4.69) is 56.0 Å². The van der Waals surface area contributed by atoms with Crippen LogP contribution in [0.25, 0.3) is 5.69 Å². The molecule has 0 bridgehead atoms. The fraction of sp³-hybridized carbons (Fsp3) is 0.298. The summed E-state index contributed by atoms with van der Waals surface area (Å²) >= 11 is 12.2. The Hall–Kier alpha value is -8.97. The number of carbonyl (C=O) groups is 4. The van der Waals surface area contributed by atoms with E-state index in [0.717, 1.165) is 22.9 Å². The van der Waals surface area contributed by atoms with E-state index in [9.17, 15) is 76.1 Å². The highest BCUT2D eigenvalue weighted by Crippen LogP contribution is 2.34. The number of alkyl halides is 7. The van der Waals surface area contributed by atoms with Gasteiger partial charge >= 0.3 is 62.8 Å². The lowest BCUT2D eigenvalue weighted by atomic mass is 9.97. The number of urea groups is 2. The lowest BCUT2D eigenvalue weighted by molar-refractivity contribution is -0.136. The topological polar surface area (TPSA) is 444 Å². The van der Waals surface area contributed by atoms with Crippen LogP contribution in [0.2, 0.25) is 10.0 Å². The molecular formula is C47H48Cl2F7N12O19PS2. The van der Waals surface area contributed by atoms with Crippen molar-refractivity contribution in [1.29, 1.82) is 0 Å². The van der Waals surface area contributed by atoms with Crippen molar-refractivity contribution < 1.29 is 115 Å². The third kappa shape index (κ3) is 26.0. The van der Waals surface area contributed by atoms with Gasteiger partial charge in [-0.25, -0.2) is 45.5 Å². The zero-order valence-corrected chi connectivity index (χ0v) is 50.4. The summed E-state index contributed by atoms with van der Waals surface area (Å²) in [6.45, 7) is -0.0645. The van der Waals surface area contributed by atoms with Crippen LogP contribution in [0.5, 0.6) is 23.5 Å². The zero-order chi connectivity index (χ0) is 68.1. The molecule has 4 amide bonds. The van der Waals surface area contributed by atoms with Crippen molar-refractivity contribution in [3.8, 4) is 41.6 Å². The molecule has 0 fully saturated rings. The predicted molar refractivity (Wildman–Crippen MR) is 297 cm³/mol. The highest BCUT2D eigenvalue weighted by molar-refractivity contribution is 7.90. The van der Waals surface area contributed by atoms with Crippen molar-refractivity contribution in [3.63, 3.8) is 0 Å². The van der Waals surface area contributed by atoms with Gasteiger partial charge in [0, 0.05) is 17.9 Å². The van der Waals surface area contributed by atoms with E-state index in [4.69, 9.17) is 63.5 Å². The van der Waals surface area contributed by atoms with E-state index in [-0.39, 0.29) is 40.0 Å². The summed E-state index contributed by atoms with van der Waals surface area (Å²) in [7, 11) is -12.0. The maximum Gasteiger partial charge on any atom is 0.442 e. The molecule has 6 aromatic rings. The molecule has 0 aliphatic carbocycles. The molecule has 3 aromatic carbocycles. The highest BCUT2D eigenvalue weighted by Gasteiger charge is 2.30. The van der Waals surface area contributed by atoms with Crippen LogP contribution >= 0.6 is 30.8 Å². The second kappa shape index (κ2) is 33.0. The van der Waals surface area contributed by atoms with Crippen LogP contribution in [0.4, 0.5) is 52.2 Å². The number of aromatic nitrogens is 7. The van der Waals surface area contributed by atoms with Crippen LogP contribution in [0.15, 0.2) is 85.7 Å². The molecule has 0 unspecified atom stereocenters. The molecule has 9 N–H and O–H groups in total. The molecule has 43 heteroatoms. The summed E-state index contributed by atoms with van der Waals surface area (Å²) in [5.74, 6) is -3.34. The van der Waals surface area contributed by atoms with Crippen LogP contribution in [-0.4, -0.2) is 141 Å². The van der Waals surface area contributed by atoms with Gasteiger partial charge in [-0.2, -0.15) is 60.3 Å². The molecule has 0 saturated carbocycles. The molecule has 3 heterocycles. The number of amides is 4. The van der Waals surface area contributed by atoms with Gasteiger partial charge in [-0.05, 0) is 43.2 Å². The molecule has 0 radical (unpaired) electrons. The monoisotopic (exact) mass is 1380 g/mol. The van der Waals surface area contributed by atoms with E-state index in [0.29, 0.717) is 23.4 Å². The van der Waals surface area contributed by atoms with Crippen molar-refractivity contribution in [2.24, 2.45) is 0 Å². The summed E-state index contributed by atoms with van der Waals surface area (Å²) in [6, 6.07) is 10.00. The number of rotatable bonds is 21. The number of sulfonamides is 2. The van der Waals surface area contributed by atoms with E-state index in [1.165, 1.54) is 61.2 Å². The Kier molecular flexibility index (Phi) is 27.6. The van der Waals surface area contributed by atoms with Gasteiger partial charge in [-0.1, -0.05) is 80.2 Å². The Balaban J connectivity index is 0.000000330. The second-order valence-corrected chi connectivity index (χ2v) is 23.4. The molecule has 3 aromatic heterocycles. The molecule has 490 valence electrons. The first kappa shape index (κ1) is 75.3. The van der Waals surface area contributed by atoms with Crippen LogP contribution < -0.4 is 50.1 Å². The van der Waals surface area contributed by atoms with Gasteiger partial charge in [0.2, 0.25) is 29.5 Å². The number of benzene rings is 3. The predicted octanol–water partition coefficient (Wildman–Crippen LogP) is 6.32. The standard InChI is InChI=1S/C15H14Cl2N2O3.C15H16F3N5O4S.C14H10F4N4O7S.C3H8NO5P/c1-5-6-21-12-8-11(9(16)7-10(12)17)19-14(20)22-13(18-19)15(2,3)4;1-9-19-12(22-14(20-9)27-2)21-13(24)23-28(25,26)11-6-4-3-5-10(11)7-8-15(16,17)18;15-11(16)28-8-5-9(29-12(17)18)20-13(19-8)21-14(25)22-30(26,27)7-4-2-1-3-6(7)10(23)24;5-3(6)1-4-2-10(7,8)9/h1,7-8H,6H2,2-4H3;3-6H,7-8H2,1-2H3,(H2,19,20,21,22,23,24);1-5,11-12H,(H,23,24)(H2,19,20,21,22,25);4H,1-2H2,(H,5,6)(H2,7,8,9). The van der Waals surface area contributed by atoms with Crippen LogP contribution in [0, 0.1) is 19.3 Å². The Bertz CT molecular complexity index is 3890. The molecule has 0 atom stereocenters. The van der Waals surface area contributed by atoms with Gasteiger partial charge in [0.05, 0.1) is 52.2 Å². The van der Waals surface area contributed by atoms with E-state index < -0.39 is 141 Å². The highest BCUT2D eigenvalue weighted by atomic mass is 35.5. The number of methoxy groups -OCH3 is 1. The normalized spacial score (nSPS) is 11.4. The Morgan fingerprint density at radius 2 is 1.33 bits per heavy atom. The van der Waals surface area contributed by atoms with E-state index in [1.54, 1.807) is 10.0 Å². The molecule has 31 nitrogen and oxygen atoms in total. The quantitative estimate of drug-likeness (QED) is 0.0216. The Labute approximate surface area is 512 Å². The summed E-state index contributed by atoms with van der Waals surface area (Å²) in [6.07, 6.45) is -1.64. The Morgan fingerprint density at radius 3 is 1.82 bits per heavy atom. The summed E-state index contributed by atoms with van der Waals surface area (Å²) in [5, 5.41) is 27.6. The van der Waals surface area contributed by atoms with Crippen molar-refractivity contribution in [2.45, 2.75) is 75.1 Å². The molecule has 90 heavy (non-hydrogen) atoms. The molecule has 0 aliphatic rings. The zero-order valence-electron chi connectivity index (χ0n) is 46.3. The molecule has 6 rings (SSSR count). The van der Waals surface area contributed by atoms with Gasteiger partial charge in [-0.15, -0.1) is 11.5 Å². The minimum Gasteiger partial charge on any atom is -0.480 e. The summed E-state index contributed by atoms with van der Waals surface area (Å²) < 4.78 is 173. The van der Waals surface area contributed by atoms with Crippen molar-refractivity contribution in [1.82, 2.24) is 49.5 Å². The molecular weight excluding hydrogens is 1340 g/mol. The minimum absolute atomic E-state index is 0.0434. The minimum atomic E-state index is -4.71. The van der Waals surface area contributed by atoms with Crippen molar-refractivity contribution in [2.75, 3.05) is 37.2 Å². The average molecular weight is 1380 g/mol. The number of nitrogens with zero attached hydrogens (tertiary/aromatic N) is 7. The largest absolute Gasteiger partial charge is 0.480 e. The van der Waals surface area contributed by atoms with E-state index >= 15 is 0 Å². The maximum absolute atomic E-state index is 12.5. The third-order valence-electron chi connectivity index (χ3n) is 9.58. The van der Waals surface area contributed by atoms with Crippen LogP contribution in [0.1, 0.15) is 54.8 Å². The fourth-order valence-corrected chi connectivity index (χ4v) is 9.26. The smallest absolute Gasteiger partial charge is 0.442 e.